The average Bonchev–Trinajstić information content (AvgIpc) is 2.85. The minimum atomic E-state index is -1.27. The molecule has 1 aromatic carbocycles. The van der Waals surface area contributed by atoms with E-state index >= 15 is 0 Å². The summed E-state index contributed by atoms with van der Waals surface area (Å²) in [5.74, 6) is -0.0318. The van der Waals surface area contributed by atoms with Gasteiger partial charge in [-0.15, -0.1) is 0 Å². The van der Waals surface area contributed by atoms with Crippen LogP contribution in [0.4, 0.5) is 5.82 Å². The molecule has 6 nitrogen and oxygen atoms in total. The van der Waals surface area contributed by atoms with Crippen LogP contribution < -0.4 is 5.32 Å². The zero-order valence-electron chi connectivity index (χ0n) is 12.6. The van der Waals surface area contributed by atoms with Crippen LogP contribution in [0.5, 0.6) is 0 Å². The van der Waals surface area contributed by atoms with Gasteiger partial charge in [0.15, 0.2) is 11.4 Å². The Kier molecular flexibility index (Phi) is 3.24. The predicted molar refractivity (Wildman–Crippen MR) is 78.6 cm³/mol. The van der Waals surface area contributed by atoms with E-state index in [-0.39, 0.29) is 0 Å². The lowest BCUT2D eigenvalue weighted by Gasteiger charge is -2.32. The standard InChI is InChI=1S/C16H16N2O4/c1-9-4-5-11-8-16(3,21-14(19)12(11)6-9)15(20)17-13-7-10(2)22-18-13/h4-7H,8H2,1-3H3,(H,17,18,20)/t16-/m0/s1. The number of anilines is 1. The van der Waals surface area contributed by atoms with Crippen LogP contribution in [0.15, 0.2) is 28.8 Å². The number of nitrogens with one attached hydrogen (secondary N) is 1. The van der Waals surface area contributed by atoms with Gasteiger partial charge >= 0.3 is 5.97 Å². The van der Waals surface area contributed by atoms with Gasteiger partial charge in [-0.25, -0.2) is 4.79 Å². The Morgan fingerprint density at radius 1 is 1.32 bits per heavy atom. The van der Waals surface area contributed by atoms with Crippen molar-refractivity contribution in [3.63, 3.8) is 0 Å². The lowest BCUT2D eigenvalue weighted by molar-refractivity contribution is -0.134. The summed E-state index contributed by atoms with van der Waals surface area (Å²) in [5, 5.41) is 6.32. The number of fused-ring (bicyclic) bond motifs is 1. The quantitative estimate of drug-likeness (QED) is 0.861. The number of rotatable bonds is 2. The van der Waals surface area contributed by atoms with Crippen molar-refractivity contribution >= 4 is 17.7 Å². The maximum absolute atomic E-state index is 12.5. The van der Waals surface area contributed by atoms with Gasteiger partial charge < -0.3 is 14.6 Å². The number of carbonyl (C=O) groups is 2. The number of hydrogen-bond donors (Lipinski definition) is 1. The molecule has 1 aliphatic rings. The van der Waals surface area contributed by atoms with Gasteiger partial charge in [0.25, 0.3) is 5.91 Å². The molecule has 1 aliphatic heterocycles. The fourth-order valence-electron chi connectivity index (χ4n) is 2.49. The maximum Gasteiger partial charge on any atom is 0.339 e. The summed E-state index contributed by atoms with van der Waals surface area (Å²) in [6, 6.07) is 7.15. The van der Waals surface area contributed by atoms with E-state index in [2.05, 4.69) is 10.5 Å². The first-order valence-corrected chi connectivity index (χ1v) is 6.95. The SMILES string of the molecule is Cc1ccc2c(c1)C(=O)O[C@](C)(C(=O)Nc1cc(C)on1)C2. The van der Waals surface area contributed by atoms with Crippen molar-refractivity contribution < 1.29 is 18.8 Å². The monoisotopic (exact) mass is 300 g/mol. The number of amides is 1. The summed E-state index contributed by atoms with van der Waals surface area (Å²) < 4.78 is 10.3. The molecule has 1 amide bonds. The predicted octanol–water partition coefficient (Wildman–Crippen LogP) is 2.40. The zero-order chi connectivity index (χ0) is 15.9. The summed E-state index contributed by atoms with van der Waals surface area (Å²) in [4.78, 5) is 24.6. The van der Waals surface area contributed by atoms with Gasteiger partial charge in [-0.2, -0.15) is 0 Å². The molecule has 0 unspecified atom stereocenters. The Labute approximate surface area is 127 Å². The second-order valence-electron chi connectivity index (χ2n) is 5.73. The molecule has 0 fully saturated rings. The number of cyclic esters (lactones) is 1. The third-order valence-electron chi connectivity index (χ3n) is 3.68. The van der Waals surface area contributed by atoms with Crippen LogP contribution in [0.2, 0.25) is 0 Å². The van der Waals surface area contributed by atoms with E-state index in [0.29, 0.717) is 23.6 Å². The van der Waals surface area contributed by atoms with Crippen molar-refractivity contribution in [1.82, 2.24) is 5.16 Å². The number of carbonyl (C=O) groups excluding carboxylic acids is 2. The molecule has 2 heterocycles. The maximum atomic E-state index is 12.5. The fraction of sp³-hybridized carbons (Fsp3) is 0.312. The van der Waals surface area contributed by atoms with Crippen molar-refractivity contribution in [3.8, 4) is 0 Å². The second kappa shape index (κ2) is 4.98. The molecule has 3 rings (SSSR count). The fourth-order valence-corrected chi connectivity index (χ4v) is 2.49. The number of benzene rings is 1. The van der Waals surface area contributed by atoms with E-state index in [1.54, 1.807) is 26.0 Å². The van der Waals surface area contributed by atoms with Crippen molar-refractivity contribution in [2.75, 3.05) is 5.32 Å². The lowest BCUT2D eigenvalue weighted by Crippen LogP contribution is -2.49. The zero-order valence-corrected chi connectivity index (χ0v) is 12.6. The largest absolute Gasteiger partial charge is 0.445 e. The van der Waals surface area contributed by atoms with E-state index in [4.69, 9.17) is 9.26 Å². The van der Waals surface area contributed by atoms with Crippen LogP contribution in [0.25, 0.3) is 0 Å². The molecule has 0 aliphatic carbocycles. The number of hydrogen-bond acceptors (Lipinski definition) is 5. The van der Waals surface area contributed by atoms with Crippen molar-refractivity contribution in [2.45, 2.75) is 32.8 Å². The normalized spacial score (nSPS) is 20.2. The molecular weight excluding hydrogens is 284 g/mol. The lowest BCUT2D eigenvalue weighted by atomic mass is 9.88. The van der Waals surface area contributed by atoms with Crippen LogP contribution >= 0.6 is 0 Å². The van der Waals surface area contributed by atoms with Crippen LogP contribution in [0.1, 0.15) is 34.2 Å². The van der Waals surface area contributed by atoms with Crippen molar-refractivity contribution in [1.29, 1.82) is 0 Å². The average molecular weight is 300 g/mol. The first-order valence-electron chi connectivity index (χ1n) is 6.95. The highest BCUT2D eigenvalue weighted by Crippen LogP contribution is 2.29. The third-order valence-corrected chi connectivity index (χ3v) is 3.68. The molecular formula is C16H16N2O4. The van der Waals surface area contributed by atoms with E-state index in [1.807, 2.05) is 19.1 Å². The summed E-state index contributed by atoms with van der Waals surface area (Å²) >= 11 is 0. The summed E-state index contributed by atoms with van der Waals surface area (Å²) in [6.07, 6.45) is 0.316. The Hall–Kier alpha value is -2.63. The number of esters is 1. The highest BCUT2D eigenvalue weighted by molar-refractivity contribution is 6.02. The minimum absolute atomic E-state index is 0.300. The van der Waals surface area contributed by atoms with Gasteiger partial charge in [0.1, 0.15) is 5.76 Å². The molecule has 1 atom stereocenters. The molecule has 1 aromatic heterocycles. The Morgan fingerprint density at radius 2 is 2.09 bits per heavy atom. The summed E-state index contributed by atoms with van der Waals surface area (Å²) in [5.41, 5.74) is 1.02. The van der Waals surface area contributed by atoms with Crippen LogP contribution in [0, 0.1) is 13.8 Å². The van der Waals surface area contributed by atoms with Crippen LogP contribution in [-0.2, 0) is 16.0 Å². The number of ether oxygens (including phenoxy) is 1. The summed E-state index contributed by atoms with van der Waals surface area (Å²) in [7, 11) is 0. The first-order chi connectivity index (χ1) is 10.4. The van der Waals surface area contributed by atoms with E-state index in [1.165, 1.54) is 0 Å². The first kappa shape index (κ1) is 14.3. The van der Waals surface area contributed by atoms with Gasteiger partial charge in [-0.1, -0.05) is 22.9 Å². The van der Waals surface area contributed by atoms with Gasteiger partial charge in [0.05, 0.1) is 5.56 Å². The Balaban J connectivity index is 1.86. The van der Waals surface area contributed by atoms with E-state index in [9.17, 15) is 9.59 Å². The number of aromatic nitrogens is 1. The van der Waals surface area contributed by atoms with E-state index < -0.39 is 17.5 Å². The second-order valence-corrected chi connectivity index (χ2v) is 5.73. The number of nitrogens with zero attached hydrogens (tertiary/aromatic N) is 1. The van der Waals surface area contributed by atoms with Crippen molar-refractivity contribution in [2.24, 2.45) is 0 Å². The number of aryl methyl sites for hydroxylation is 2. The Bertz CT molecular complexity index is 765. The molecule has 0 radical (unpaired) electrons. The topological polar surface area (TPSA) is 81.4 Å². The van der Waals surface area contributed by atoms with Gasteiger partial charge in [0, 0.05) is 12.5 Å². The molecule has 0 spiro atoms. The van der Waals surface area contributed by atoms with Crippen molar-refractivity contribution in [3.05, 3.63) is 46.7 Å². The molecule has 2 aromatic rings. The van der Waals surface area contributed by atoms with Gasteiger partial charge in [-0.05, 0) is 32.4 Å². The molecule has 6 heteroatoms. The Morgan fingerprint density at radius 3 is 2.77 bits per heavy atom. The smallest absolute Gasteiger partial charge is 0.339 e. The van der Waals surface area contributed by atoms with Gasteiger partial charge in [-0.3, -0.25) is 4.79 Å². The molecule has 0 saturated heterocycles. The summed E-state index contributed by atoms with van der Waals surface area (Å²) in [6.45, 7) is 5.22. The highest BCUT2D eigenvalue weighted by atomic mass is 16.6. The molecule has 0 saturated carbocycles. The van der Waals surface area contributed by atoms with Crippen LogP contribution in [0.3, 0.4) is 0 Å². The molecule has 0 bridgehead atoms. The van der Waals surface area contributed by atoms with Crippen LogP contribution in [-0.4, -0.2) is 22.6 Å². The third kappa shape index (κ3) is 2.47. The van der Waals surface area contributed by atoms with Gasteiger partial charge in [0.2, 0.25) is 0 Å². The van der Waals surface area contributed by atoms with E-state index in [0.717, 1.165) is 11.1 Å². The minimum Gasteiger partial charge on any atom is -0.445 e. The molecule has 114 valence electrons. The molecule has 1 N–H and O–H groups in total. The molecule has 22 heavy (non-hydrogen) atoms. The highest BCUT2D eigenvalue weighted by Gasteiger charge is 2.43.